The largest absolute Gasteiger partial charge is 0.295 e. The lowest BCUT2D eigenvalue weighted by Gasteiger charge is -2.52. The van der Waals surface area contributed by atoms with Crippen molar-refractivity contribution >= 4 is 0 Å². The summed E-state index contributed by atoms with van der Waals surface area (Å²) in [5.74, 6) is 0. The molecule has 1 heterocycles. The zero-order valence-electron chi connectivity index (χ0n) is 14.4. The Morgan fingerprint density at radius 3 is 2.19 bits per heavy atom. The van der Waals surface area contributed by atoms with Gasteiger partial charge in [0.2, 0.25) is 0 Å². The highest BCUT2D eigenvalue weighted by Crippen LogP contribution is 2.39. The fraction of sp³-hybridized carbons (Fsp3) is 0.684. The third kappa shape index (κ3) is 4.31. The van der Waals surface area contributed by atoms with Crippen molar-refractivity contribution in [1.29, 1.82) is 0 Å². The molecular formula is C19H31NO. The van der Waals surface area contributed by atoms with Crippen LogP contribution < -0.4 is 0 Å². The number of hydrogen-bond donors (Lipinski definition) is 0. The summed E-state index contributed by atoms with van der Waals surface area (Å²) in [6.07, 6.45) is 6.10. The van der Waals surface area contributed by atoms with E-state index < -0.39 is 0 Å². The summed E-state index contributed by atoms with van der Waals surface area (Å²) in [4.78, 5) is 6.38. The molecule has 0 saturated carbocycles. The number of aryl methyl sites for hydroxylation is 1. The zero-order valence-corrected chi connectivity index (χ0v) is 14.4. The van der Waals surface area contributed by atoms with Crippen LogP contribution in [0.25, 0.3) is 0 Å². The van der Waals surface area contributed by atoms with Crippen molar-refractivity contribution < 1.29 is 4.84 Å². The molecule has 2 rings (SSSR count). The highest BCUT2D eigenvalue weighted by Gasteiger charge is 2.43. The Morgan fingerprint density at radius 2 is 1.62 bits per heavy atom. The second kappa shape index (κ2) is 6.50. The third-order valence-corrected chi connectivity index (χ3v) is 4.64. The van der Waals surface area contributed by atoms with Gasteiger partial charge in [-0.05, 0) is 72.3 Å². The van der Waals surface area contributed by atoms with Gasteiger partial charge in [-0.1, -0.05) is 30.3 Å². The Morgan fingerprint density at radius 1 is 1.05 bits per heavy atom. The van der Waals surface area contributed by atoms with E-state index in [1.807, 2.05) is 0 Å². The molecule has 1 fully saturated rings. The molecule has 1 unspecified atom stereocenters. The Labute approximate surface area is 130 Å². The van der Waals surface area contributed by atoms with Crippen LogP contribution in [0.5, 0.6) is 0 Å². The molecule has 2 nitrogen and oxygen atoms in total. The van der Waals surface area contributed by atoms with Crippen LogP contribution in [-0.4, -0.2) is 22.2 Å². The van der Waals surface area contributed by atoms with E-state index in [9.17, 15) is 0 Å². The quantitative estimate of drug-likeness (QED) is 0.757. The van der Waals surface area contributed by atoms with Gasteiger partial charge in [-0.3, -0.25) is 4.84 Å². The molecule has 0 bridgehead atoms. The number of benzene rings is 1. The lowest BCUT2D eigenvalue weighted by molar-refractivity contribution is -0.302. The molecular weight excluding hydrogens is 258 g/mol. The molecule has 118 valence electrons. The summed E-state index contributed by atoms with van der Waals surface area (Å²) in [5, 5.41) is 2.28. The third-order valence-electron chi connectivity index (χ3n) is 4.64. The molecule has 0 radical (unpaired) electrons. The second-order valence-electron chi connectivity index (χ2n) is 7.71. The van der Waals surface area contributed by atoms with Crippen LogP contribution in [0.3, 0.4) is 0 Å². The SMILES string of the molecule is CC(CCc1ccccc1)ON1C(C)(C)CCCC1(C)C. The predicted octanol–water partition coefficient (Wildman–Crippen LogP) is 4.98. The Hall–Kier alpha value is -0.860. The maximum absolute atomic E-state index is 6.38. The highest BCUT2D eigenvalue weighted by atomic mass is 16.7. The van der Waals surface area contributed by atoms with Gasteiger partial charge >= 0.3 is 0 Å². The van der Waals surface area contributed by atoms with E-state index in [1.54, 1.807) is 0 Å². The van der Waals surface area contributed by atoms with E-state index >= 15 is 0 Å². The number of rotatable bonds is 5. The van der Waals surface area contributed by atoms with Gasteiger partial charge in [-0.2, -0.15) is 5.06 Å². The van der Waals surface area contributed by atoms with Crippen LogP contribution in [0.15, 0.2) is 30.3 Å². The van der Waals surface area contributed by atoms with E-state index in [1.165, 1.54) is 24.8 Å². The van der Waals surface area contributed by atoms with E-state index in [-0.39, 0.29) is 17.2 Å². The van der Waals surface area contributed by atoms with Gasteiger partial charge in [0.25, 0.3) is 0 Å². The minimum atomic E-state index is 0.128. The van der Waals surface area contributed by atoms with Crippen LogP contribution in [-0.2, 0) is 11.3 Å². The molecule has 1 aliphatic rings. The van der Waals surface area contributed by atoms with Crippen LogP contribution >= 0.6 is 0 Å². The summed E-state index contributed by atoms with van der Waals surface area (Å²) in [7, 11) is 0. The molecule has 1 aromatic carbocycles. The molecule has 0 amide bonds. The fourth-order valence-electron chi connectivity index (χ4n) is 3.51. The molecule has 1 aromatic rings. The second-order valence-corrected chi connectivity index (χ2v) is 7.71. The van der Waals surface area contributed by atoms with Gasteiger partial charge in [-0.25, -0.2) is 0 Å². The highest BCUT2D eigenvalue weighted by molar-refractivity contribution is 5.14. The normalized spacial score (nSPS) is 22.9. The van der Waals surface area contributed by atoms with Gasteiger partial charge in [0.05, 0.1) is 6.10 Å². The molecule has 0 aliphatic carbocycles. The first-order chi connectivity index (χ1) is 9.81. The van der Waals surface area contributed by atoms with E-state index in [0.717, 1.165) is 12.8 Å². The van der Waals surface area contributed by atoms with Crippen molar-refractivity contribution in [3.05, 3.63) is 35.9 Å². The van der Waals surface area contributed by atoms with Gasteiger partial charge in [0.1, 0.15) is 0 Å². The van der Waals surface area contributed by atoms with Crippen LogP contribution in [0.2, 0.25) is 0 Å². The number of piperidine rings is 1. The lowest BCUT2D eigenvalue weighted by Crippen LogP contribution is -2.59. The molecule has 0 spiro atoms. The number of hydroxylamine groups is 2. The molecule has 2 heteroatoms. The fourth-order valence-corrected chi connectivity index (χ4v) is 3.51. The Kier molecular flexibility index (Phi) is 5.11. The number of nitrogens with zero attached hydrogens (tertiary/aromatic N) is 1. The molecule has 1 aliphatic heterocycles. The molecule has 1 atom stereocenters. The van der Waals surface area contributed by atoms with E-state index in [2.05, 4.69) is 70.0 Å². The first-order valence-electron chi connectivity index (χ1n) is 8.32. The average molecular weight is 289 g/mol. The number of hydrogen-bond acceptors (Lipinski definition) is 2. The summed E-state index contributed by atoms with van der Waals surface area (Å²) >= 11 is 0. The Bertz CT molecular complexity index is 422. The van der Waals surface area contributed by atoms with Crippen molar-refractivity contribution in [2.45, 2.75) is 83.9 Å². The van der Waals surface area contributed by atoms with Gasteiger partial charge < -0.3 is 0 Å². The molecule has 0 aromatic heterocycles. The minimum absolute atomic E-state index is 0.128. The van der Waals surface area contributed by atoms with Gasteiger partial charge in [0.15, 0.2) is 0 Å². The van der Waals surface area contributed by atoms with Crippen molar-refractivity contribution in [3.63, 3.8) is 0 Å². The summed E-state index contributed by atoms with van der Waals surface area (Å²) in [6, 6.07) is 10.7. The van der Waals surface area contributed by atoms with Crippen LogP contribution in [0.4, 0.5) is 0 Å². The van der Waals surface area contributed by atoms with E-state index in [0.29, 0.717) is 0 Å². The lowest BCUT2D eigenvalue weighted by atomic mass is 9.82. The first kappa shape index (κ1) is 16.5. The molecule has 0 N–H and O–H groups in total. The van der Waals surface area contributed by atoms with Gasteiger partial charge in [0, 0.05) is 11.1 Å². The van der Waals surface area contributed by atoms with Crippen molar-refractivity contribution in [2.75, 3.05) is 0 Å². The van der Waals surface area contributed by atoms with Gasteiger partial charge in [-0.15, -0.1) is 0 Å². The van der Waals surface area contributed by atoms with Crippen molar-refractivity contribution in [2.24, 2.45) is 0 Å². The standard InChI is InChI=1S/C19H31NO/c1-16(12-13-17-10-7-6-8-11-17)21-20-18(2,3)14-9-15-19(20,4)5/h6-8,10-11,16H,9,12-15H2,1-5H3. The maximum atomic E-state index is 6.38. The zero-order chi connectivity index (χ0) is 15.5. The molecule has 1 saturated heterocycles. The monoisotopic (exact) mass is 289 g/mol. The van der Waals surface area contributed by atoms with Crippen LogP contribution in [0, 0.1) is 0 Å². The van der Waals surface area contributed by atoms with E-state index in [4.69, 9.17) is 4.84 Å². The minimum Gasteiger partial charge on any atom is -0.295 e. The maximum Gasteiger partial charge on any atom is 0.0768 e. The molecule has 21 heavy (non-hydrogen) atoms. The smallest absolute Gasteiger partial charge is 0.0768 e. The summed E-state index contributed by atoms with van der Waals surface area (Å²) in [5.41, 5.74) is 1.65. The summed E-state index contributed by atoms with van der Waals surface area (Å²) in [6.45, 7) is 11.4. The van der Waals surface area contributed by atoms with Crippen LogP contribution in [0.1, 0.15) is 65.9 Å². The van der Waals surface area contributed by atoms with Crippen molar-refractivity contribution in [3.8, 4) is 0 Å². The van der Waals surface area contributed by atoms with Crippen molar-refractivity contribution in [1.82, 2.24) is 5.06 Å². The first-order valence-corrected chi connectivity index (χ1v) is 8.32. The predicted molar refractivity (Wildman–Crippen MR) is 89.2 cm³/mol. The average Bonchev–Trinajstić information content (AvgIpc) is 2.41. The topological polar surface area (TPSA) is 12.5 Å². The Balaban J connectivity index is 1.92. The summed E-state index contributed by atoms with van der Waals surface area (Å²) < 4.78 is 0.